The van der Waals surface area contributed by atoms with E-state index in [2.05, 4.69) is 10.3 Å². The molecule has 98 valence electrons. The molecule has 0 amide bonds. The summed E-state index contributed by atoms with van der Waals surface area (Å²) in [5.41, 5.74) is 2.85. The number of hydrogen-bond donors (Lipinski definition) is 1. The Morgan fingerprint density at radius 3 is 2.55 bits per heavy atom. The Kier molecular flexibility index (Phi) is 3.09. The molecule has 0 fully saturated rings. The van der Waals surface area contributed by atoms with E-state index in [1.54, 1.807) is 41.2 Å². The van der Waals surface area contributed by atoms with Gasteiger partial charge in [0.2, 0.25) is 11.4 Å². The smallest absolute Gasteiger partial charge is 0.207 e. The van der Waals surface area contributed by atoms with Crippen LogP contribution in [0, 0.1) is 10.7 Å². The van der Waals surface area contributed by atoms with Crippen LogP contribution in [-0.4, -0.2) is 5.10 Å². The molecule has 4 nitrogen and oxygen atoms in total. The second-order valence-electron chi connectivity index (χ2n) is 4.30. The molecule has 0 saturated heterocycles. The molecule has 0 unspecified atom stereocenters. The first-order valence-corrected chi connectivity index (χ1v) is 6.07. The summed E-state index contributed by atoms with van der Waals surface area (Å²) in [6.45, 7) is 0. The van der Waals surface area contributed by atoms with Crippen LogP contribution in [0.15, 0.2) is 66.0 Å². The van der Waals surface area contributed by atoms with E-state index in [0.717, 1.165) is 11.3 Å². The fraction of sp³-hybridized carbons (Fsp3) is 0. The Hall–Kier alpha value is -2.82. The summed E-state index contributed by atoms with van der Waals surface area (Å²) in [6, 6.07) is 15.1. The van der Waals surface area contributed by atoms with Crippen molar-refractivity contribution in [1.82, 2.24) is 5.10 Å². The van der Waals surface area contributed by atoms with E-state index in [1.807, 2.05) is 12.1 Å². The molecule has 0 aliphatic heterocycles. The zero-order valence-electron chi connectivity index (χ0n) is 10.5. The van der Waals surface area contributed by atoms with Gasteiger partial charge in [0.1, 0.15) is 11.5 Å². The normalized spacial score (nSPS) is 10.4. The van der Waals surface area contributed by atoms with Crippen molar-refractivity contribution >= 4 is 5.69 Å². The number of hydrogen-bond acceptors (Lipinski definition) is 2. The number of halogens is 1. The first kappa shape index (κ1) is 12.2. The minimum Gasteiger partial charge on any atom is -0.207 e. The Morgan fingerprint density at radius 1 is 1.05 bits per heavy atom. The molecule has 5 heteroatoms. The molecule has 2 aromatic carbocycles. The third-order valence-corrected chi connectivity index (χ3v) is 3.02. The quantitative estimate of drug-likeness (QED) is 0.573. The van der Waals surface area contributed by atoms with Gasteiger partial charge >= 0.3 is 0 Å². The Bertz CT molecular complexity index is 750. The number of nitrogens with zero attached hydrogens (tertiary/aromatic N) is 2. The van der Waals surface area contributed by atoms with Gasteiger partial charge in [-0.15, -0.1) is 4.91 Å². The first-order valence-electron chi connectivity index (χ1n) is 6.07. The maximum absolute atomic E-state index is 13.3. The highest BCUT2D eigenvalue weighted by molar-refractivity contribution is 5.59. The Morgan fingerprint density at radius 2 is 1.85 bits per heavy atom. The average Bonchev–Trinajstić information content (AvgIpc) is 2.97. The van der Waals surface area contributed by atoms with Crippen molar-refractivity contribution in [3.63, 3.8) is 0 Å². The summed E-state index contributed by atoms with van der Waals surface area (Å²) < 4.78 is 15.1. The van der Waals surface area contributed by atoms with Gasteiger partial charge in [-0.25, -0.2) is 4.39 Å². The fourth-order valence-electron chi connectivity index (χ4n) is 2.08. The predicted octanol–water partition coefficient (Wildman–Crippen LogP) is 3.50. The van der Waals surface area contributed by atoms with Crippen LogP contribution in [0.5, 0.6) is 0 Å². The van der Waals surface area contributed by atoms with E-state index < -0.39 is 0 Å². The predicted molar refractivity (Wildman–Crippen MR) is 73.2 cm³/mol. The second-order valence-corrected chi connectivity index (χ2v) is 4.30. The molecule has 0 atom stereocenters. The molecule has 0 aliphatic rings. The minimum absolute atomic E-state index is 0.295. The van der Waals surface area contributed by atoms with Crippen LogP contribution in [0.3, 0.4) is 0 Å². The molecular weight excluding hydrogens is 257 g/mol. The third kappa shape index (κ3) is 2.21. The van der Waals surface area contributed by atoms with E-state index in [-0.39, 0.29) is 5.82 Å². The molecule has 1 heterocycles. The van der Waals surface area contributed by atoms with E-state index in [4.69, 9.17) is 0 Å². The highest BCUT2D eigenvalue weighted by Gasteiger charge is 2.17. The number of nitrogens with one attached hydrogen (secondary N) is 1. The third-order valence-electron chi connectivity index (χ3n) is 3.02. The van der Waals surface area contributed by atoms with Crippen LogP contribution in [0.4, 0.5) is 10.1 Å². The highest BCUT2D eigenvalue weighted by atomic mass is 19.1. The van der Waals surface area contributed by atoms with Crippen LogP contribution in [-0.2, 0) is 0 Å². The SMILES string of the molecule is O=Nc1ccc(-c2cc[nH][n+]2-c2cccc(F)c2)cc1. The van der Waals surface area contributed by atoms with Crippen molar-refractivity contribution in [3.05, 3.63) is 71.5 Å². The lowest BCUT2D eigenvalue weighted by atomic mass is 10.1. The lowest BCUT2D eigenvalue weighted by Gasteiger charge is -1.98. The molecule has 0 saturated carbocycles. The first-order chi connectivity index (χ1) is 9.78. The maximum atomic E-state index is 13.3. The molecule has 1 N–H and O–H groups in total. The van der Waals surface area contributed by atoms with Crippen LogP contribution >= 0.6 is 0 Å². The largest absolute Gasteiger partial charge is 0.245 e. The minimum atomic E-state index is -0.295. The second kappa shape index (κ2) is 5.05. The summed E-state index contributed by atoms with van der Waals surface area (Å²) in [6.07, 6.45) is 1.77. The molecule has 0 bridgehead atoms. The van der Waals surface area contributed by atoms with Crippen molar-refractivity contribution in [2.45, 2.75) is 0 Å². The van der Waals surface area contributed by atoms with Crippen LogP contribution in [0.2, 0.25) is 0 Å². The number of benzene rings is 2. The van der Waals surface area contributed by atoms with Gasteiger partial charge in [0.05, 0.1) is 6.20 Å². The number of H-pyrrole nitrogens is 1. The van der Waals surface area contributed by atoms with Gasteiger partial charge in [-0.3, -0.25) is 0 Å². The van der Waals surface area contributed by atoms with E-state index in [1.165, 1.54) is 12.1 Å². The zero-order chi connectivity index (χ0) is 13.9. The average molecular weight is 268 g/mol. The monoisotopic (exact) mass is 268 g/mol. The number of aromatic nitrogens is 2. The summed E-state index contributed by atoms with van der Waals surface area (Å²) >= 11 is 0. The molecule has 1 aromatic heterocycles. The van der Waals surface area contributed by atoms with Gasteiger partial charge in [-0.2, -0.15) is 5.10 Å². The molecule has 3 rings (SSSR count). The van der Waals surface area contributed by atoms with Crippen molar-refractivity contribution < 1.29 is 9.07 Å². The Balaban J connectivity index is 2.07. The van der Waals surface area contributed by atoms with Gasteiger partial charge in [0.25, 0.3) is 0 Å². The van der Waals surface area contributed by atoms with Gasteiger partial charge in [0.15, 0.2) is 0 Å². The maximum Gasteiger partial charge on any atom is 0.245 e. The van der Waals surface area contributed by atoms with Crippen LogP contribution in [0.25, 0.3) is 16.9 Å². The van der Waals surface area contributed by atoms with Crippen LogP contribution in [0.1, 0.15) is 0 Å². The van der Waals surface area contributed by atoms with Crippen molar-refractivity contribution in [2.24, 2.45) is 5.18 Å². The summed E-state index contributed by atoms with van der Waals surface area (Å²) in [5.74, 6) is -0.295. The van der Waals surface area contributed by atoms with E-state index in [0.29, 0.717) is 11.4 Å². The van der Waals surface area contributed by atoms with Gasteiger partial charge in [-0.05, 0) is 35.5 Å². The summed E-state index contributed by atoms with van der Waals surface area (Å²) in [5, 5.41) is 5.91. The Labute approximate surface area is 114 Å². The van der Waals surface area contributed by atoms with Crippen LogP contribution < -0.4 is 4.68 Å². The van der Waals surface area contributed by atoms with Gasteiger partial charge in [-0.1, -0.05) is 10.7 Å². The van der Waals surface area contributed by atoms with E-state index in [9.17, 15) is 9.30 Å². The molecule has 3 aromatic rings. The number of nitroso groups, excluding NO2 is 1. The van der Waals surface area contributed by atoms with Crippen molar-refractivity contribution in [3.8, 4) is 16.9 Å². The molecule has 0 aliphatic carbocycles. The van der Waals surface area contributed by atoms with E-state index >= 15 is 0 Å². The van der Waals surface area contributed by atoms with Crippen molar-refractivity contribution in [2.75, 3.05) is 0 Å². The summed E-state index contributed by atoms with van der Waals surface area (Å²) in [4.78, 5) is 10.4. The molecular formula is C15H11FN3O+. The standard InChI is InChI=1S/C15H10FN3O/c16-12-2-1-3-14(10-12)19-15(8-9-17-19)11-4-6-13(18-20)7-5-11/h1-10H/p+1. The lowest BCUT2D eigenvalue weighted by molar-refractivity contribution is -0.644. The topological polar surface area (TPSA) is 49.1 Å². The zero-order valence-corrected chi connectivity index (χ0v) is 10.5. The lowest BCUT2D eigenvalue weighted by Crippen LogP contribution is -2.34. The van der Waals surface area contributed by atoms with Gasteiger partial charge < -0.3 is 0 Å². The van der Waals surface area contributed by atoms with Gasteiger partial charge in [0, 0.05) is 23.8 Å². The molecule has 0 spiro atoms. The fourth-order valence-corrected chi connectivity index (χ4v) is 2.08. The summed E-state index contributed by atoms with van der Waals surface area (Å²) in [7, 11) is 0. The number of rotatable bonds is 3. The van der Waals surface area contributed by atoms with Crippen molar-refractivity contribution in [1.29, 1.82) is 0 Å². The molecule has 20 heavy (non-hydrogen) atoms. The number of aromatic amines is 1. The highest BCUT2D eigenvalue weighted by Crippen LogP contribution is 2.20. The molecule has 0 radical (unpaired) electrons.